The second-order valence-electron chi connectivity index (χ2n) is 5.06. The van der Waals surface area contributed by atoms with Crippen molar-refractivity contribution in [2.24, 2.45) is 0 Å². The minimum absolute atomic E-state index is 1.04. The number of allylic oxidation sites excluding steroid dienone is 1. The van der Waals surface area contributed by atoms with Gasteiger partial charge in [-0.2, -0.15) is 0 Å². The van der Waals surface area contributed by atoms with Crippen LogP contribution >= 0.6 is 0 Å². The molecule has 0 amide bonds. The van der Waals surface area contributed by atoms with E-state index in [4.69, 9.17) is 5.11 Å². The Kier molecular flexibility index (Phi) is 15.1. The molecular formula is C16H32O. The Labute approximate surface area is 108 Å². The van der Waals surface area contributed by atoms with E-state index in [0.717, 1.165) is 6.42 Å². The summed E-state index contributed by atoms with van der Waals surface area (Å²) in [4.78, 5) is 0. The van der Waals surface area contributed by atoms with Crippen LogP contribution in [0.1, 0.15) is 90.4 Å². The predicted octanol–water partition coefficient (Wildman–Crippen LogP) is 6.15. The monoisotopic (exact) mass is 240 g/mol. The van der Waals surface area contributed by atoms with Crippen molar-refractivity contribution in [3.05, 3.63) is 12.3 Å². The number of aliphatic hydroxyl groups is 1. The van der Waals surface area contributed by atoms with Gasteiger partial charge in [0.1, 0.15) is 0 Å². The van der Waals surface area contributed by atoms with Gasteiger partial charge in [0.2, 0.25) is 0 Å². The summed E-state index contributed by atoms with van der Waals surface area (Å²) in [7, 11) is 0. The van der Waals surface area contributed by atoms with Crippen LogP contribution in [0.3, 0.4) is 0 Å². The van der Waals surface area contributed by atoms with Crippen molar-refractivity contribution < 1.29 is 5.11 Å². The highest BCUT2D eigenvalue weighted by Gasteiger charge is 1.92. The first-order valence-electron chi connectivity index (χ1n) is 7.71. The van der Waals surface area contributed by atoms with Crippen LogP contribution < -0.4 is 0 Å². The average Bonchev–Trinajstić information content (AvgIpc) is 2.35. The van der Waals surface area contributed by atoms with Gasteiger partial charge in [-0.3, -0.25) is 0 Å². The van der Waals surface area contributed by atoms with E-state index in [-0.39, 0.29) is 0 Å². The molecular weight excluding hydrogens is 208 g/mol. The Morgan fingerprint density at radius 1 is 0.647 bits per heavy atom. The van der Waals surface area contributed by atoms with Gasteiger partial charge in [0.15, 0.2) is 0 Å². The first-order valence-corrected chi connectivity index (χ1v) is 7.71. The molecule has 1 heteroatoms. The number of aliphatic hydroxyl groups excluding tert-OH is 1. The normalized spacial score (nSPS) is 11.4. The maximum Gasteiger partial charge on any atom is 0.0751 e. The van der Waals surface area contributed by atoms with Crippen LogP contribution in [0.2, 0.25) is 0 Å². The van der Waals surface area contributed by atoms with Gasteiger partial charge >= 0.3 is 0 Å². The fraction of sp³-hybridized carbons (Fsp3) is 0.875. The van der Waals surface area contributed by atoms with Crippen molar-refractivity contribution in [3.8, 4) is 0 Å². The number of unbranched alkanes of at least 4 members (excludes halogenated alkanes) is 12. The van der Waals surface area contributed by atoms with Crippen molar-refractivity contribution in [3.63, 3.8) is 0 Å². The SMILES string of the molecule is CCCCCCCCCCCCCC/C=C/O. The van der Waals surface area contributed by atoms with Crippen molar-refractivity contribution in [2.75, 3.05) is 0 Å². The lowest BCUT2D eigenvalue weighted by Gasteiger charge is -2.02. The molecule has 1 nitrogen and oxygen atoms in total. The molecule has 0 spiro atoms. The van der Waals surface area contributed by atoms with Crippen LogP contribution in [0.25, 0.3) is 0 Å². The topological polar surface area (TPSA) is 20.2 Å². The first-order chi connectivity index (χ1) is 8.41. The molecule has 0 bridgehead atoms. The number of hydrogen-bond donors (Lipinski definition) is 1. The largest absolute Gasteiger partial charge is 0.516 e. The van der Waals surface area contributed by atoms with Crippen molar-refractivity contribution >= 4 is 0 Å². The molecule has 0 fully saturated rings. The second kappa shape index (κ2) is 15.5. The van der Waals surface area contributed by atoms with Gasteiger partial charge < -0.3 is 5.11 Å². The van der Waals surface area contributed by atoms with Crippen LogP contribution in [0.4, 0.5) is 0 Å². The van der Waals surface area contributed by atoms with Crippen LogP contribution in [0.15, 0.2) is 12.3 Å². The zero-order valence-corrected chi connectivity index (χ0v) is 11.8. The standard InChI is InChI=1S/C16H32O/c1-2-3-4-5-6-7-8-9-10-11-12-13-14-15-16-17/h15-17H,2-14H2,1H3/b16-15+. The van der Waals surface area contributed by atoms with Crippen molar-refractivity contribution in [2.45, 2.75) is 90.4 Å². The molecule has 0 atom stereocenters. The molecule has 0 saturated heterocycles. The summed E-state index contributed by atoms with van der Waals surface area (Å²) in [6.07, 6.45) is 20.8. The lowest BCUT2D eigenvalue weighted by atomic mass is 10.0. The lowest BCUT2D eigenvalue weighted by Crippen LogP contribution is -1.82. The van der Waals surface area contributed by atoms with Crippen LogP contribution in [0.5, 0.6) is 0 Å². The third-order valence-corrected chi connectivity index (χ3v) is 3.33. The molecule has 0 aliphatic rings. The molecule has 0 aromatic heterocycles. The van der Waals surface area contributed by atoms with E-state index in [0.29, 0.717) is 0 Å². The van der Waals surface area contributed by atoms with Gasteiger partial charge in [0, 0.05) is 0 Å². The van der Waals surface area contributed by atoms with E-state index in [9.17, 15) is 0 Å². The molecule has 102 valence electrons. The van der Waals surface area contributed by atoms with Gasteiger partial charge in [-0.15, -0.1) is 0 Å². The highest BCUT2D eigenvalue weighted by atomic mass is 16.2. The fourth-order valence-electron chi connectivity index (χ4n) is 2.18. The van der Waals surface area contributed by atoms with Crippen molar-refractivity contribution in [1.82, 2.24) is 0 Å². The van der Waals surface area contributed by atoms with Gasteiger partial charge in [0.25, 0.3) is 0 Å². The zero-order valence-electron chi connectivity index (χ0n) is 11.8. The highest BCUT2D eigenvalue weighted by Crippen LogP contribution is 2.12. The summed E-state index contributed by atoms with van der Waals surface area (Å²) in [5.74, 6) is 0. The molecule has 0 heterocycles. The first kappa shape index (κ1) is 16.5. The van der Waals surface area contributed by atoms with E-state index in [1.54, 1.807) is 0 Å². The molecule has 0 rings (SSSR count). The maximum absolute atomic E-state index is 8.46. The van der Waals surface area contributed by atoms with Gasteiger partial charge in [-0.1, -0.05) is 83.6 Å². The Balaban J connectivity index is 2.89. The number of rotatable bonds is 13. The van der Waals surface area contributed by atoms with E-state index in [2.05, 4.69) is 6.92 Å². The molecule has 0 aliphatic carbocycles. The van der Waals surface area contributed by atoms with E-state index < -0.39 is 0 Å². The summed E-state index contributed by atoms with van der Waals surface area (Å²) in [5.41, 5.74) is 0. The summed E-state index contributed by atoms with van der Waals surface area (Å²) < 4.78 is 0. The van der Waals surface area contributed by atoms with Gasteiger partial charge in [-0.05, 0) is 12.8 Å². The quantitative estimate of drug-likeness (QED) is 0.302. The summed E-state index contributed by atoms with van der Waals surface area (Å²) in [6.45, 7) is 2.27. The lowest BCUT2D eigenvalue weighted by molar-refractivity contribution is 0.469. The fourth-order valence-corrected chi connectivity index (χ4v) is 2.18. The Hall–Kier alpha value is -0.460. The molecule has 0 saturated carbocycles. The minimum atomic E-state index is 1.04. The van der Waals surface area contributed by atoms with E-state index in [1.807, 2.05) is 6.08 Å². The van der Waals surface area contributed by atoms with Crippen LogP contribution in [-0.4, -0.2) is 5.11 Å². The van der Waals surface area contributed by atoms with Gasteiger partial charge in [-0.25, -0.2) is 0 Å². The average molecular weight is 240 g/mol. The summed E-state index contributed by atoms with van der Waals surface area (Å²) >= 11 is 0. The summed E-state index contributed by atoms with van der Waals surface area (Å²) in [6, 6.07) is 0. The Bertz CT molecular complexity index is 152. The molecule has 0 aromatic carbocycles. The Morgan fingerprint density at radius 2 is 1.06 bits per heavy atom. The van der Waals surface area contributed by atoms with Crippen molar-refractivity contribution in [1.29, 1.82) is 0 Å². The van der Waals surface area contributed by atoms with E-state index in [1.165, 1.54) is 83.3 Å². The molecule has 0 aliphatic heterocycles. The van der Waals surface area contributed by atoms with Crippen LogP contribution in [-0.2, 0) is 0 Å². The smallest absolute Gasteiger partial charge is 0.0751 e. The maximum atomic E-state index is 8.46. The third kappa shape index (κ3) is 15.5. The third-order valence-electron chi connectivity index (χ3n) is 3.33. The molecule has 0 radical (unpaired) electrons. The van der Waals surface area contributed by atoms with Crippen LogP contribution in [0, 0.1) is 0 Å². The van der Waals surface area contributed by atoms with Gasteiger partial charge in [0.05, 0.1) is 6.26 Å². The second-order valence-corrected chi connectivity index (χ2v) is 5.06. The molecule has 1 N–H and O–H groups in total. The minimum Gasteiger partial charge on any atom is -0.516 e. The summed E-state index contributed by atoms with van der Waals surface area (Å²) in [5, 5.41) is 8.46. The Morgan fingerprint density at radius 3 is 1.47 bits per heavy atom. The zero-order chi connectivity index (χ0) is 12.6. The predicted molar refractivity (Wildman–Crippen MR) is 77.5 cm³/mol. The van der Waals surface area contributed by atoms with E-state index >= 15 is 0 Å². The molecule has 0 aromatic rings. The highest BCUT2D eigenvalue weighted by molar-refractivity contribution is 4.70. The number of hydrogen-bond acceptors (Lipinski definition) is 1. The molecule has 17 heavy (non-hydrogen) atoms. The molecule has 0 unspecified atom stereocenters.